The van der Waals surface area contributed by atoms with Crippen molar-refractivity contribution in [1.82, 2.24) is 19.5 Å². The standard InChI is InChI=1S/C31H49N5O4/c1-4-5-6-7-8-9-10-11-12-13-14-15-16-17-18-19-26(38)40-23(3)27-22(2)24(20-25(27)37)36-21-33-28-29(36)34-31(32)35-30(28)39/h11-12,21,23-25,27,37H,2,4-10,13-20H2,1,3H3,(H3,32,34,35,39)/b12-11-/t23-,24+,25+,27?/m1/s1. The van der Waals surface area contributed by atoms with E-state index in [0.29, 0.717) is 24.1 Å². The van der Waals surface area contributed by atoms with Gasteiger partial charge in [-0.05, 0) is 51.0 Å². The van der Waals surface area contributed by atoms with Gasteiger partial charge in [-0.1, -0.05) is 77.0 Å². The molecule has 1 aliphatic rings. The topological polar surface area (TPSA) is 136 Å². The lowest BCUT2D eigenvalue weighted by molar-refractivity contribution is -0.151. The molecule has 1 fully saturated rings. The Bertz CT molecular complexity index is 1170. The Kier molecular flexibility index (Phi) is 12.9. The summed E-state index contributed by atoms with van der Waals surface area (Å²) in [5.41, 5.74) is 6.54. The zero-order valence-corrected chi connectivity index (χ0v) is 24.4. The van der Waals surface area contributed by atoms with Gasteiger partial charge in [0.2, 0.25) is 5.95 Å². The van der Waals surface area contributed by atoms with Crippen molar-refractivity contribution >= 4 is 23.1 Å². The Morgan fingerprint density at radius 2 is 1.77 bits per heavy atom. The first kappa shape index (κ1) is 31.6. The monoisotopic (exact) mass is 555 g/mol. The third-order valence-corrected chi connectivity index (χ3v) is 7.99. The molecule has 2 aromatic rings. The molecule has 1 saturated carbocycles. The van der Waals surface area contributed by atoms with Crippen molar-refractivity contribution in [3.8, 4) is 0 Å². The van der Waals surface area contributed by atoms with Crippen LogP contribution in [0.15, 0.2) is 35.4 Å². The normalized spacial score (nSPS) is 20.1. The van der Waals surface area contributed by atoms with Crippen LogP contribution in [0.4, 0.5) is 5.95 Å². The molecule has 0 aromatic carbocycles. The third kappa shape index (κ3) is 9.04. The molecule has 0 bridgehead atoms. The summed E-state index contributed by atoms with van der Waals surface area (Å²) >= 11 is 0. The zero-order valence-electron chi connectivity index (χ0n) is 24.4. The van der Waals surface area contributed by atoms with Crippen molar-refractivity contribution in [3.63, 3.8) is 0 Å². The van der Waals surface area contributed by atoms with Gasteiger partial charge in [0.05, 0.1) is 18.5 Å². The number of unbranched alkanes of at least 4 members (excludes halogenated alkanes) is 11. The molecule has 1 aliphatic carbocycles. The number of aromatic nitrogens is 4. The molecule has 9 nitrogen and oxygen atoms in total. The first-order valence-corrected chi connectivity index (χ1v) is 15.3. The van der Waals surface area contributed by atoms with Crippen LogP contribution < -0.4 is 11.3 Å². The number of hydrogen-bond donors (Lipinski definition) is 3. The predicted molar refractivity (Wildman–Crippen MR) is 160 cm³/mol. The van der Waals surface area contributed by atoms with E-state index in [2.05, 4.69) is 40.6 Å². The van der Waals surface area contributed by atoms with Crippen molar-refractivity contribution < 1.29 is 14.6 Å². The first-order valence-electron chi connectivity index (χ1n) is 15.3. The second kappa shape index (κ2) is 16.4. The highest BCUT2D eigenvalue weighted by molar-refractivity contribution is 5.71. The average molecular weight is 556 g/mol. The summed E-state index contributed by atoms with van der Waals surface area (Å²) in [7, 11) is 0. The number of hydrogen-bond acceptors (Lipinski definition) is 7. The van der Waals surface area contributed by atoms with E-state index in [4.69, 9.17) is 10.5 Å². The summed E-state index contributed by atoms with van der Waals surface area (Å²) in [5.74, 6) is -0.666. The minimum Gasteiger partial charge on any atom is -0.462 e. The number of imidazole rings is 1. The number of aliphatic hydroxyl groups is 1. The molecule has 2 heterocycles. The number of H-pyrrole nitrogens is 1. The number of fused-ring (bicyclic) bond motifs is 1. The van der Waals surface area contributed by atoms with Gasteiger partial charge in [0.25, 0.3) is 5.56 Å². The molecule has 3 rings (SSSR count). The Morgan fingerprint density at radius 1 is 1.15 bits per heavy atom. The number of allylic oxidation sites excluding steroid dienone is 2. The summed E-state index contributed by atoms with van der Waals surface area (Å²) < 4.78 is 7.42. The van der Waals surface area contributed by atoms with E-state index in [1.807, 2.05) is 0 Å². The average Bonchev–Trinajstić information content (AvgIpc) is 3.46. The van der Waals surface area contributed by atoms with Crippen molar-refractivity contribution in [2.45, 2.75) is 128 Å². The summed E-state index contributed by atoms with van der Waals surface area (Å²) in [6.07, 6.45) is 21.4. The molecule has 0 amide bonds. The van der Waals surface area contributed by atoms with Crippen LogP contribution >= 0.6 is 0 Å². The number of carbonyl (C=O) groups excluding carboxylic acids is 1. The summed E-state index contributed by atoms with van der Waals surface area (Å²) in [4.78, 5) is 35.5. The van der Waals surface area contributed by atoms with Crippen LogP contribution in [0.1, 0.15) is 116 Å². The number of nitrogens with zero attached hydrogens (tertiary/aromatic N) is 3. The second-order valence-corrected chi connectivity index (χ2v) is 11.2. The Morgan fingerprint density at radius 3 is 2.45 bits per heavy atom. The van der Waals surface area contributed by atoms with Gasteiger partial charge in [-0.25, -0.2) is 4.98 Å². The smallest absolute Gasteiger partial charge is 0.306 e. The molecule has 4 N–H and O–H groups in total. The van der Waals surface area contributed by atoms with Gasteiger partial charge in [-0.15, -0.1) is 0 Å². The zero-order chi connectivity index (χ0) is 28.9. The van der Waals surface area contributed by atoms with Gasteiger partial charge in [0, 0.05) is 12.3 Å². The highest BCUT2D eigenvalue weighted by Gasteiger charge is 2.42. The maximum absolute atomic E-state index is 12.5. The lowest BCUT2D eigenvalue weighted by atomic mass is 9.95. The Balaban J connectivity index is 1.31. The molecule has 1 unspecified atom stereocenters. The quantitative estimate of drug-likeness (QED) is 0.114. The summed E-state index contributed by atoms with van der Waals surface area (Å²) in [5, 5.41) is 10.8. The number of nitrogens with one attached hydrogen (secondary N) is 1. The molecule has 0 radical (unpaired) electrons. The second-order valence-electron chi connectivity index (χ2n) is 11.2. The number of nitrogens with two attached hydrogens (primary N) is 1. The van der Waals surface area contributed by atoms with Crippen LogP contribution in [0.25, 0.3) is 11.2 Å². The van der Waals surface area contributed by atoms with E-state index < -0.39 is 23.7 Å². The molecular formula is C31H49N5O4. The van der Waals surface area contributed by atoms with Crippen molar-refractivity contribution in [2.24, 2.45) is 5.92 Å². The molecule has 0 saturated heterocycles. The Hall–Kier alpha value is -2.94. The molecule has 9 heteroatoms. The van der Waals surface area contributed by atoms with Gasteiger partial charge in [0.15, 0.2) is 11.2 Å². The first-order chi connectivity index (χ1) is 19.3. The number of anilines is 1. The highest BCUT2D eigenvalue weighted by Crippen LogP contribution is 2.42. The van der Waals surface area contributed by atoms with Crippen molar-refractivity contribution in [1.29, 1.82) is 0 Å². The van der Waals surface area contributed by atoms with Crippen LogP contribution in [0, 0.1) is 5.92 Å². The molecule has 222 valence electrons. The van der Waals surface area contributed by atoms with Crippen LogP contribution in [0.2, 0.25) is 0 Å². The molecule has 2 aromatic heterocycles. The molecule has 40 heavy (non-hydrogen) atoms. The fourth-order valence-electron chi connectivity index (χ4n) is 5.75. The summed E-state index contributed by atoms with van der Waals surface area (Å²) in [6.45, 7) is 8.25. The lowest BCUT2D eigenvalue weighted by Crippen LogP contribution is -2.30. The predicted octanol–water partition coefficient (Wildman–Crippen LogP) is 6.15. The number of carbonyl (C=O) groups is 1. The van der Waals surface area contributed by atoms with Crippen LogP contribution in [0.5, 0.6) is 0 Å². The van der Waals surface area contributed by atoms with Gasteiger partial charge < -0.3 is 20.1 Å². The number of aliphatic hydroxyl groups excluding tert-OH is 1. The van der Waals surface area contributed by atoms with Crippen LogP contribution in [-0.2, 0) is 9.53 Å². The molecule has 0 aliphatic heterocycles. The number of esters is 1. The largest absolute Gasteiger partial charge is 0.462 e. The minimum atomic E-state index is -0.739. The van der Waals surface area contributed by atoms with Gasteiger partial charge in [-0.3, -0.25) is 14.6 Å². The fourth-order valence-corrected chi connectivity index (χ4v) is 5.75. The minimum absolute atomic E-state index is 0.00195. The van der Waals surface area contributed by atoms with Gasteiger partial charge >= 0.3 is 5.97 Å². The maximum Gasteiger partial charge on any atom is 0.306 e. The van der Waals surface area contributed by atoms with E-state index in [1.165, 1.54) is 64.1 Å². The third-order valence-electron chi connectivity index (χ3n) is 7.99. The van der Waals surface area contributed by atoms with Gasteiger partial charge in [0.1, 0.15) is 6.10 Å². The SMILES string of the molecule is C=C1C([C@@H](C)OC(=O)CCCCCCC/C=C\CCCCCCCC)[C@@H](O)C[C@@H]1n1cnc2c(=O)[nH]c(N)nc21. The van der Waals surface area contributed by atoms with Crippen LogP contribution in [-0.4, -0.2) is 42.8 Å². The summed E-state index contributed by atoms with van der Waals surface area (Å²) in [6, 6.07) is -0.328. The number of aromatic amines is 1. The number of ether oxygens (including phenoxy) is 1. The number of rotatable bonds is 18. The van der Waals surface area contributed by atoms with E-state index in [1.54, 1.807) is 11.5 Å². The highest BCUT2D eigenvalue weighted by atomic mass is 16.5. The van der Waals surface area contributed by atoms with Gasteiger partial charge in [-0.2, -0.15) is 4.98 Å². The lowest BCUT2D eigenvalue weighted by Gasteiger charge is -2.24. The van der Waals surface area contributed by atoms with E-state index in [-0.39, 0.29) is 23.5 Å². The Labute approximate surface area is 238 Å². The number of nitrogen functional groups attached to an aromatic ring is 1. The van der Waals surface area contributed by atoms with Crippen molar-refractivity contribution in [3.05, 3.63) is 41.0 Å². The maximum atomic E-state index is 12.5. The molecule has 0 spiro atoms. The van der Waals surface area contributed by atoms with Crippen molar-refractivity contribution in [2.75, 3.05) is 5.73 Å². The van der Waals surface area contributed by atoms with Crippen LogP contribution in [0.3, 0.4) is 0 Å². The van der Waals surface area contributed by atoms with E-state index >= 15 is 0 Å². The van der Waals surface area contributed by atoms with E-state index in [0.717, 1.165) is 25.7 Å². The molecular weight excluding hydrogens is 506 g/mol. The van der Waals surface area contributed by atoms with E-state index in [9.17, 15) is 14.7 Å². The fraction of sp³-hybridized carbons (Fsp3) is 0.677. The molecule has 4 atom stereocenters.